The van der Waals surface area contributed by atoms with Gasteiger partial charge in [0.2, 0.25) is 5.56 Å². The average molecular weight is 233 g/mol. The van der Waals surface area contributed by atoms with Gasteiger partial charge in [-0.3, -0.25) is 4.79 Å². The van der Waals surface area contributed by atoms with Crippen molar-refractivity contribution in [1.29, 1.82) is 0 Å². The topological polar surface area (TPSA) is 37.8 Å². The minimum absolute atomic E-state index is 0.0972. The van der Waals surface area contributed by atoms with Gasteiger partial charge < -0.3 is 9.55 Å². The average Bonchev–Trinajstić information content (AvgIpc) is 2.54. The molecule has 0 saturated heterocycles. The Labute approximate surface area is 96.3 Å². The second-order valence-electron chi connectivity index (χ2n) is 3.79. The van der Waals surface area contributed by atoms with Crippen LogP contribution in [0.3, 0.4) is 0 Å². The molecule has 1 aromatic carbocycles. The normalized spacial score (nSPS) is 11.4. The lowest BCUT2D eigenvalue weighted by atomic mass is 10.2. The Kier molecular flexibility index (Phi) is 1.85. The van der Waals surface area contributed by atoms with E-state index in [0.717, 1.165) is 21.8 Å². The lowest BCUT2D eigenvalue weighted by molar-refractivity contribution is 1.01. The molecule has 0 spiro atoms. The summed E-state index contributed by atoms with van der Waals surface area (Å²) in [6.45, 7) is 0. The summed E-state index contributed by atoms with van der Waals surface area (Å²) in [4.78, 5) is 14.0. The van der Waals surface area contributed by atoms with Crippen molar-refractivity contribution >= 4 is 33.4 Å². The number of hydrogen-bond acceptors (Lipinski definition) is 1. The summed E-state index contributed by atoms with van der Waals surface area (Å²) in [6, 6.07) is 7.33. The second kappa shape index (κ2) is 3.12. The molecule has 1 N–H and O–H groups in total. The van der Waals surface area contributed by atoms with Crippen molar-refractivity contribution in [3.63, 3.8) is 0 Å². The Hall–Kier alpha value is -1.74. The fourth-order valence-corrected chi connectivity index (χ4v) is 2.45. The Bertz CT molecular complexity index is 755. The van der Waals surface area contributed by atoms with Crippen molar-refractivity contribution in [2.45, 2.75) is 0 Å². The van der Waals surface area contributed by atoms with Crippen LogP contribution in [0.25, 0.3) is 21.8 Å². The van der Waals surface area contributed by atoms with Crippen molar-refractivity contribution < 1.29 is 0 Å². The Morgan fingerprint density at radius 2 is 2.12 bits per heavy atom. The molecule has 0 aliphatic heterocycles. The Balaban J connectivity index is 2.70. The second-order valence-corrected chi connectivity index (χ2v) is 4.20. The molecule has 16 heavy (non-hydrogen) atoms. The molecule has 0 bridgehead atoms. The molecule has 0 fully saturated rings. The summed E-state index contributed by atoms with van der Waals surface area (Å²) in [5.41, 5.74) is 1.83. The third kappa shape index (κ3) is 1.12. The zero-order valence-electron chi connectivity index (χ0n) is 8.62. The summed E-state index contributed by atoms with van der Waals surface area (Å²) < 4.78 is 1.99. The maximum Gasteiger partial charge on any atom is 0.248 e. The van der Waals surface area contributed by atoms with E-state index in [1.807, 2.05) is 29.8 Å². The van der Waals surface area contributed by atoms with Crippen molar-refractivity contribution in [3.8, 4) is 0 Å². The van der Waals surface area contributed by atoms with Crippen LogP contribution in [-0.2, 0) is 7.05 Å². The smallest absolute Gasteiger partial charge is 0.248 e. The van der Waals surface area contributed by atoms with Gasteiger partial charge in [-0.2, -0.15) is 0 Å². The highest BCUT2D eigenvalue weighted by molar-refractivity contribution is 6.36. The van der Waals surface area contributed by atoms with Crippen LogP contribution in [0, 0.1) is 0 Å². The number of aromatic amines is 1. The van der Waals surface area contributed by atoms with E-state index in [1.54, 1.807) is 12.3 Å². The van der Waals surface area contributed by atoms with Gasteiger partial charge in [0.1, 0.15) is 0 Å². The highest BCUT2D eigenvalue weighted by Gasteiger charge is 2.10. The first-order chi connectivity index (χ1) is 7.68. The molecule has 3 rings (SSSR count). The zero-order chi connectivity index (χ0) is 11.3. The van der Waals surface area contributed by atoms with Gasteiger partial charge in [-0.05, 0) is 6.07 Å². The number of nitrogens with zero attached hydrogens (tertiary/aromatic N) is 1. The summed E-state index contributed by atoms with van der Waals surface area (Å²) in [5.74, 6) is 0. The molecule has 2 heterocycles. The van der Waals surface area contributed by atoms with Crippen LogP contribution in [0.5, 0.6) is 0 Å². The summed E-state index contributed by atoms with van der Waals surface area (Å²) in [7, 11) is 1.94. The molecule has 0 saturated carbocycles. The van der Waals surface area contributed by atoms with Crippen LogP contribution in [-0.4, -0.2) is 9.55 Å². The number of halogens is 1. The first-order valence-corrected chi connectivity index (χ1v) is 5.31. The maximum atomic E-state index is 11.3. The number of aromatic nitrogens is 2. The number of H-pyrrole nitrogens is 1. The number of aryl methyl sites for hydroxylation is 1. The van der Waals surface area contributed by atoms with Gasteiger partial charge >= 0.3 is 0 Å². The molecule has 80 valence electrons. The molecule has 0 aliphatic carbocycles. The van der Waals surface area contributed by atoms with Crippen LogP contribution in [0.1, 0.15) is 0 Å². The number of pyridine rings is 1. The van der Waals surface area contributed by atoms with Crippen LogP contribution in [0.15, 0.2) is 35.3 Å². The van der Waals surface area contributed by atoms with E-state index < -0.39 is 0 Å². The zero-order valence-corrected chi connectivity index (χ0v) is 9.38. The summed E-state index contributed by atoms with van der Waals surface area (Å²) in [6.07, 6.45) is 1.72. The number of benzene rings is 1. The van der Waals surface area contributed by atoms with Crippen LogP contribution in [0.2, 0.25) is 5.02 Å². The molecular weight excluding hydrogens is 224 g/mol. The van der Waals surface area contributed by atoms with Crippen molar-refractivity contribution in [2.75, 3.05) is 0 Å². The molecule has 0 unspecified atom stereocenters. The lowest BCUT2D eigenvalue weighted by Gasteiger charge is -1.98. The van der Waals surface area contributed by atoms with Gasteiger partial charge in [-0.1, -0.05) is 23.7 Å². The Morgan fingerprint density at radius 1 is 1.31 bits per heavy atom. The van der Waals surface area contributed by atoms with E-state index in [1.165, 1.54) is 0 Å². The molecule has 3 nitrogen and oxygen atoms in total. The van der Waals surface area contributed by atoms with E-state index in [4.69, 9.17) is 11.6 Å². The molecule has 4 heteroatoms. The molecule has 0 aliphatic rings. The van der Waals surface area contributed by atoms with Gasteiger partial charge in [0.25, 0.3) is 0 Å². The van der Waals surface area contributed by atoms with Gasteiger partial charge in [-0.25, -0.2) is 0 Å². The van der Waals surface area contributed by atoms with E-state index in [9.17, 15) is 4.79 Å². The number of nitrogens with one attached hydrogen (secondary N) is 1. The van der Waals surface area contributed by atoms with Crippen molar-refractivity contribution in [2.24, 2.45) is 7.05 Å². The number of para-hydroxylation sites is 1. The predicted octanol–water partition coefficient (Wildman–Crippen LogP) is 2.67. The van der Waals surface area contributed by atoms with Crippen LogP contribution >= 0.6 is 11.6 Å². The lowest BCUT2D eigenvalue weighted by Crippen LogP contribution is -2.01. The van der Waals surface area contributed by atoms with Gasteiger partial charge in [-0.15, -0.1) is 0 Å². The van der Waals surface area contributed by atoms with Gasteiger partial charge in [0.05, 0.1) is 16.1 Å². The van der Waals surface area contributed by atoms with E-state index >= 15 is 0 Å². The van der Waals surface area contributed by atoms with Gasteiger partial charge in [0, 0.05) is 30.1 Å². The molecule has 0 amide bonds. The highest BCUT2D eigenvalue weighted by atomic mass is 35.5. The number of hydrogen-bond donors (Lipinski definition) is 1. The molecule has 0 atom stereocenters. The monoisotopic (exact) mass is 232 g/mol. The summed E-state index contributed by atoms with van der Waals surface area (Å²) in [5, 5.41) is 2.64. The quantitative estimate of drug-likeness (QED) is 0.636. The van der Waals surface area contributed by atoms with Gasteiger partial charge in [0.15, 0.2) is 0 Å². The molecule has 0 radical (unpaired) electrons. The third-order valence-electron chi connectivity index (χ3n) is 2.88. The van der Waals surface area contributed by atoms with Crippen molar-refractivity contribution in [1.82, 2.24) is 9.55 Å². The summed E-state index contributed by atoms with van der Waals surface area (Å²) >= 11 is 6.16. The number of rotatable bonds is 0. The fraction of sp³-hybridized carbons (Fsp3) is 0.0833. The Morgan fingerprint density at radius 3 is 2.94 bits per heavy atom. The van der Waals surface area contributed by atoms with E-state index in [-0.39, 0.29) is 5.56 Å². The standard InChI is InChI=1S/C12H9ClN2O/c1-15-10-6-14-11(16)5-8(10)7-3-2-4-9(13)12(7)15/h2-6H,1H3,(H,14,16). The highest BCUT2D eigenvalue weighted by Crippen LogP contribution is 2.31. The minimum Gasteiger partial charge on any atom is -0.341 e. The fourth-order valence-electron chi connectivity index (χ4n) is 2.15. The molecule has 2 aromatic heterocycles. The van der Waals surface area contributed by atoms with Crippen LogP contribution < -0.4 is 5.56 Å². The minimum atomic E-state index is -0.0972. The predicted molar refractivity (Wildman–Crippen MR) is 66.1 cm³/mol. The third-order valence-corrected chi connectivity index (χ3v) is 3.18. The first-order valence-electron chi connectivity index (χ1n) is 4.94. The first kappa shape index (κ1) is 9.48. The van der Waals surface area contributed by atoms with Crippen LogP contribution in [0.4, 0.5) is 0 Å². The largest absolute Gasteiger partial charge is 0.341 e. The molecular formula is C12H9ClN2O. The van der Waals surface area contributed by atoms with E-state index in [0.29, 0.717) is 5.02 Å². The SMILES string of the molecule is Cn1c2c[nH]c(=O)cc2c2cccc(Cl)c21. The van der Waals surface area contributed by atoms with Crippen molar-refractivity contribution in [3.05, 3.63) is 45.8 Å². The van der Waals surface area contributed by atoms with E-state index in [2.05, 4.69) is 4.98 Å². The molecule has 3 aromatic rings. The number of fused-ring (bicyclic) bond motifs is 3. The maximum absolute atomic E-state index is 11.3.